The molecule has 3 rings (SSSR count). The van der Waals surface area contributed by atoms with Gasteiger partial charge in [-0.3, -0.25) is 11.3 Å². The van der Waals surface area contributed by atoms with E-state index in [4.69, 9.17) is 17.4 Å². The van der Waals surface area contributed by atoms with Crippen molar-refractivity contribution < 1.29 is 4.39 Å². The average Bonchev–Trinajstić information content (AvgIpc) is 2.91. The smallest absolute Gasteiger partial charge is 0.124 e. The monoisotopic (exact) mass is 320 g/mol. The number of hydrogen-bond acceptors (Lipinski definition) is 3. The second-order valence-corrected chi connectivity index (χ2v) is 6.16. The fourth-order valence-corrected chi connectivity index (χ4v) is 3.69. The van der Waals surface area contributed by atoms with Crippen LogP contribution in [0.5, 0.6) is 0 Å². The van der Waals surface area contributed by atoms with Crippen molar-refractivity contribution in [2.45, 2.75) is 12.5 Å². The maximum absolute atomic E-state index is 13.1. The Morgan fingerprint density at radius 3 is 2.81 bits per heavy atom. The average molecular weight is 321 g/mol. The van der Waals surface area contributed by atoms with Gasteiger partial charge in [-0.2, -0.15) is 0 Å². The molecule has 1 atom stereocenters. The summed E-state index contributed by atoms with van der Waals surface area (Å²) in [6.07, 6.45) is 0.607. The van der Waals surface area contributed by atoms with E-state index < -0.39 is 0 Å². The van der Waals surface area contributed by atoms with Crippen LogP contribution in [0.25, 0.3) is 10.1 Å². The Labute approximate surface area is 131 Å². The molecule has 0 saturated heterocycles. The van der Waals surface area contributed by atoms with E-state index in [1.807, 2.05) is 12.1 Å². The molecule has 1 heterocycles. The van der Waals surface area contributed by atoms with Crippen LogP contribution in [0.15, 0.2) is 47.8 Å². The van der Waals surface area contributed by atoms with E-state index in [1.54, 1.807) is 17.4 Å². The van der Waals surface area contributed by atoms with Crippen LogP contribution in [0.3, 0.4) is 0 Å². The zero-order valence-corrected chi connectivity index (χ0v) is 12.7. The van der Waals surface area contributed by atoms with Gasteiger partial charge < -0.3 is 0 Å². The summed E-state index contributed by atoms with van der Waals surface area (Å²) >= 11 is 7.79. The van der Waals surface area contributed by atoms with Gasteiger partial charge >= 0.3 is 0 Å². The highest BCUT2D eigenvalue weighted by Gasteiger charge is 2.16. The fraction of sp³-hybridized carbons (Fsp3) is 0.125. The number of nitrogens with one attached hydrogen (secondary N) is 1. The largest absolute Gasteiger partial charge is 0.271 e. The highest BCUT2D eigenvalue weighted by atomic mass is 35.5. The molecule has 0 saturated carbocycles. The van der Waals surface area contributed by atoms with Crippen molar-refractivity contribution in [3.8, 4) is 0 Å². The maximum atomic E-state index is 13.1. The Morgan fingerprint density at radius 1 is 1.24 bits per heavy atom. The first kappa shape index (κ1) is 14.5. The Bertz CT molecular complexity index is 772. The molecule has 0 aliphatic rings. The minimum absolute atomic E-state index is 0.0656. The highest BCUT2D eigenvalue weighted by molar-refractivity contribution is 7.17. The number of nitrogens with two attached hydrogens (primary N) is 1. The van der Waals surface area contributed by atoms with Crippen LogP contribution >= 0.6 is 22.9 Å². The van der Waals surface area contributed by atoms with Crippen LogP contribution in [-0.4, -0.2) is 0 Å². The number of hydrazine groups is 1. The molecule has 5 heteroatoms. The van der Waals surface area contributed by atoms with Gasteiger partial charge in [0.15, 0.2) is 0 Å². The molecule has 2 nitrogen and oxygen atoms in total. The molecule has 0 radical (unpaired) electrons. The van der Waals surface area contributed by atoms with Crippen molar-refractivity contribution in [2.24, 2.45) is 5.84 Å². The summed E-state index contributed by atoms with van der Waals surface area (Å²) in [4.78, 5) is 0. The number of thiophene rings is 1. The molecule has 1 aromatic heterocycles. The number of hydrogen-bond donors (Lipinski definition) is 2. The van der Waals surface area contributed by atoms with Gasteiger partial charge in [0, 0.05) is 9.72 Å². The van der Waals surface area contributed by atoms with Gasteiger partial charge in [0.1, 0.15) is 5.82 Å². The summed E-state index contributed by atoms with van der Waals surface area (Å²) < 4.78 is 14.3. The Morgan fingerprint density at radius 2 is 2.05 bits per heavy atom. The Hall–Kier alpha value is -1.46. The minimum Gasteiger partial charge on any atom is -0.271 e. The Kier molecular flexibility index (Phi) is 4.22. The van der Waals surface area contributed by atoms with Crippen molar-refractivity contribution in [1.82, 2.24) is 5.43 Å². The summed E-state index contributed by atoms with van der Waals surface area (Å²) in [5, 5.41) is 3.71. The predicted molar refractivity (Wildman–Crippen MR) is 87.0 cm³/mol. The third-order valence-electron chi connectivity index (χ3n) is 3.53. The molecule has 1 unspecified atom stereocenters. The van der Waals surface area contributed by atoms with E-state index in [1.165, 1.54) is 22.2 Å². The van der Waals surface area contributed by atoms with Crippen LogP contribution in [0.4, 0.5) is 4.39 Å². The fourth-order valence-electron chi connectivity index (χ4n) is 2.43. The van der Waals surface area contributed by atoms with Crippen LogP contribution in [-0.2, 0) is 6.42 Å². The van der Waals surface area contributed by atoms with Crippen molar-refractivity contribution in [2.75, 3.05) is 0 Å². The van der Waals surface area contributed by atoms with E-state index in [-0.39, 0.29) is 11.9 Å². The first-order valence-electron chi connectivity index (χ1n) is 6.55. The van der Waals surface area contributed by atoms with Gasteiger partial charge in [0.05, 0.1) is 6.04 Å². The Balaban J connectivity index is 1.95. The van der Waals surface area contributed by atoms with E-state index in [0.29, 0.717) is 11.4 Å². The van der Waals surface area contributed by atoms with E-state index in [9.17, 15) is 4.39 Å². The second kappa shape index (κ2) is 6.12. The molecule has 0 fully saturated rings. The van der Waals surface area contributed by atoms with Crippen molar-refractivity contribution in [3.63, 3.8) is 0 Å². The van der Waals surface area contributed by atoms with Crippen LogP contribution < -0.4 is 11.3 Å². The summed E-state index contributed by atoms with van der Waals surface area (Å²) in [5.41, 5.74) is 4.85. The molecule has 3 aromatic rings. The molecule has 2 aromatic carbocycles. The summed E-state index contributed by atoms with van der Waals surface area (Å²) in [5.74, 6) is 5.39. The summed E-state index contributed by atoms with van der Waals surface area (Å²) in [6, 6.07) is 12.6. The topological polar surface area (TPSA) is 38.0 Å². The lowest BCUT2D eigenvalue weighted by Gasteiger charge is -2.16. The number of benzene rings is 2. The molecule has 0 aliphatic carbocycles. The van der Waals surface area contributed by atoms with Crippen molar-refractivity contribution in [1.29, 1.82) is 0 Å². The molecular weight excluding hydrogens is 307 g/mol. The highest BCUT2D eigenvalue weighted by Crippen LogP contribution is 2.32. The third kappa shape index (κ3) is 2.94. The number of halogens is 2. The lowest BCUT2D eigenvalue weighted by atomic mass is 9.99. The maximum Gasteiger partial charge on any atom is 0.124 e. The zero-order valence-electron chi connectivity index (χ0n) is 11.1. The normalized spacial score (nSPS) is 12.7. The zero-order chi connectivity index (χ0) is 14.8. The SMILES string of the molecule is NNC(Cc1ccc(F)cc1Cl)c1csc2ccccc12. The molecule has 21 heavy (non-hydrogen) atoms. The third-order valence-corrected chi connectivity index (χ3v) is 4.86. The van der Waals surface area contributed by atoms with E-state index >= 15 is 0 Å². The molecule has 0 spiro atoms. The van der Waals surface area contributed by atoms with Gasteiger partial charge in [-0.05, 0) is 46.5 Å². The molecule has 0 aliphatic heterocycles. The molecular formula is C16H14ClFN2S. The van der Waals surface area contributed by atoms with Crippen LogP contribution in [0.1, 0.15) is 17.2 Å². The standard InChI is InChI=1S/C16H14ClFN2S/c17-14-8-11(18)6-5-10(14)7-15(20-19)13-9-21-16-4-2-1-3-12(13)16/h1-6,8-9,15,20H,7,19H2. The number of fused-ring (bicyclic) bond motifs is 1. The predicted octanol–water partition coefficient (Wildman–Crippen LogP) is 4.44. The molecule has 108 valence electrons. The van der Waals surface area contributed by atoms with Gasteiger partial charge in [-0.1, -0.05) is 35.9 Å². The van der Waals surface area contributed by atoms with Gasteiger partial charge in [0.2, 0.25) is 0 Å². The van der Waals surface area contributed by atoms with Gasteiger partial charge in [0.25, 0.3) is 0 Å². The first-order chi connectivity index (χ1) is 10.2. The lowest BCUT2D eigenvalue weighted by Crippen LogP contribution is -2.29. The van der Waals surface area contributed by atoms with Crippen molar-refractivity contribution >= 4 is 33.0 Å². The lowest BCUT2D eigenvalue weighted by molar-refractivity contribution is 0.555. The summed E-state index contributed by atoms with van der Waals surface area (Å²) in [6.45, 7) is 0. The van der Waals surface area contributed by atoms with E-state index in [0.717, 1.165) is 11.1 Å². The molecule has 0 amide bonds. The second-order valence-electron chi connectivity index (χ2n) is 4.85. The van der Waals surface area contributed by atoms with Gasteiger partial charge in [-0.15, -0.1) is 11.3 Å². The minimum atomic E-state index is -0.331. The first-order valence-corrected chi connectivity index (χ1v) is 7.81. The van der Waals surface area contributed by atoms with E-state index in [2.05, 4.69) is 22.9 Å². The quantitative estimate of drug-likeness (QED) is 0.551. The molecule has 3 N–H and O–H groups in total. The van der Waals surface area contributed by atoms with Gasteiger partial charge in [-0.25, -0.2) is 4.39 Å². The number of rotatable bonds is 4. The van der Waals surface area contributed by atoms with Crippen LogP contribution in [0.2, 0.25) is 5.02 Å². The van der Waals surface area contributed by atoms with Crippen molar-refractivity contribution in [3.05, 3.63) is 69.8 Å². The van der Waals surface area contributed by atoms with Crippen LogP contribution in [0, 0.1) is 5.82 Å². The molecule has 0 bridgehead atoms. The summed E-state index contributed by atoms with van der Waals surface area (Å²) in [7, 11) is 0.